The largest absolute Gasteiger partial charge is 0.385 e. The fourth-order valence-electron chi connectivity index (χ4n) is 0.164. The lowest BCUT2D eigenvalue weighted by molar-refractivity contribution is 1.91. The van der Waals surface area contributed by atoms with Crippen molar-refractivity contribution in [2.75, 3.05) is 0 Å². The molecule has 0 aromatic heterocycles. The van der Waals surface area contributed by atoms with Crippen molar-refractivity contribution >= 4 is 115 Å². The van der Waals surface area contributed by atoms with Crippen LogP contribution in [0, 0.1) is 0 Å². The quantitative estimate of drug-likeness (QED) is 0.225. The topological polar surface area (TPSA) is 174 Å². The van der Waals surface area contributed by atoms with E-state index in [9.17, 15) is 0 Å². The van der Waals surface area contributed by atoms with E-state index in [4.69, 9.17) is 22.9 Å². The van der Waals surface area contributed by atoms with Gasteiger partial charge in [-0.1, -0.05) is 85.6 Å². The minimum atomic E-state index is 0. The van der Waals surface area contributed by atoms with Crippen LogP contribution in [-0.2, 0) is 0 Å². The molecule has 14 heteroatoms. The van der Waals surface area contributed by atoms with Crippen molar-refractivity contribution in [3.8, 4) is 0 Å². The summed E-state index contributed by atoms with van der Waals surface area (Å²) in [5.41, 5.74) is 19.5. The average molecular weight is 459 g/mol. The molecule has 22 heavy (non-hydrogen) atoms. The summed E-state index contributed by atoms with van der Waals surface area (Å²) in [6.45, 7) is 6.79. The molecular formula is C8H22N6S8. The average Bonchev–Trinajstić information content (AvgIpc) is 2.15. The van der Waals surface area contributed by atoms with Gasteiger partial charge in [0.05, 0.1) is 0 Å². The highest BCUT2D eigenvalue weighted by Crippen LogP contribution is 1.97. The first kappa shape index (κ1) is 38.1. The molecule has 0 bridgehead atoms. The first-order valence-corrected chi connectivity index (χ1v) is 8.40. The summed E-state index contributed by atoms with van der Waals surface area (Å²) >= 11 is 26.8. The van der Waals surface area contributed by atoms with Crippen molar-refractivity contribution in [1.29, 1.82) is 0 Å². The molecule has 0 aromatic rings. The van der Waals surface area contributed by atoms with E-state index in [1.165, 1.54) is 23.5 Å². The van der Waals surface area contributed by atoms with Gasteiger partial charge in [0.1, 0.15) is 17.3 Å². The Morgan fingerprint density at radius 1 is 0.727 bits per heavy atom. The Labute approximate surface area is 173 Å². The highest BCUT2D eigenvalue weighted by atomic mass is 32.2. The van der Waals surface area contributed by atoms with Crippen molar-refractivity contribution in [1.82, 2.24) is 12.3 Å². The van der Waals surface area contributed by atoms with Crippen LogP contribution in [0.3, 0.4) is 0 Å². The molecule has 0 saturated carbocycles. The zero-order valence-electron chi connectivity index (χ0n) is 11.6. The van der Waals surface area contributed by atoms with Crippen molar-refractivity contribution in [3.63, 3.8) is 0 Å². The molecule has 0 aliphatic rings. The Kier molecular flexibility index (Phi) is 57.3. The summed E-state index contributed by atoms with van der Waals surface area (Å²) in [5.74, 6) is 0. The Morgan fingerprint density at radius 3 is 0.864 bits per heavy atom. The SMILES string of the molecule is C=CSC(N)=S.C=CSC(N)=S.N.N.NC(=S)S.NC(=S)S. The van der Waals surface area contributed by atoms with E-state index in [0.29, 0.717) is 8.64 Å². The summed E-state index contributed by atoms with van der Waals surface area (Å²) in [6.07, 6.45) is 0. The lowest BCUT2D eigenvalue weighted by Crippen LogP contribution is -1.98. The number of thiocarbonyl (C=S) groups is 4. The molecule has 0 spiro atoms. The molecule has 132 valence electrons. The van der Waals surface area contributed by atoms with Crippen LogP contribution in [0.25, 0.3) is 0 Å². The van der Waals surface area contributed by atoms with E-state index < -0.39 is 0 Å². The van der Waals surface area contributed by atoms with Crippen LogP contribution in [0.2, 0.25) is 0 Å². The van der Waals surface area contributed by atoms with E-state index in [-0.39, 0.29) is 20.9 Å². The molecule has 14 N–H and O–H groups in total. The van der Waals surface area contributed by atoms with Gasteiger partial charge in [0.15, 0.2) is 0 Å². The third kappa shape index (κ3) is 189. The first-order valence-electron chi connectivity index (χ1n) is 4.11. The summed E-state index contributed by atoms with van der Waals surface area (Å²) in [4.78, 5) is 0. The smallest absolute Gasteiger partial charge is 0.135 e. The molecule has 0 rings (SSSR count). The minimum absolute atomic E-state index is 0. The number of hydrogen-bond acceptors (Lipinski definition) is 8. The molecule has 0 fully saturated rings. The summed E-state index contributed by atoms with van der Waals surface area (Å²) in [7, 11) is 0. The maximum Gasteiger partial charge on any atom is 0.135 e. The van der Waals surface area contributed by atoms with Crippen molar-refractivity contribution in [2.24, 2.45) is 22.9 Å². The van der Waals surface area contributed by atoms with Gasteiger partial charge in [-0.2, -0.15) is 0 Å². The maximum absolute atomic E-state index is 5.03. The van der Waals surface area contributed by atoms with Crippen LogP contribution in [0.4, 0.5) is 0 Å². The molecule has 0 unspecified atom stereocenters. The van der Waals surface area contributed by atoms with E-state index in [0.717, 1.165) is 0 Å². The number of thiol groups is 2. The predicted octanol–water partition coefficient (Wildman–Crippen LogP) is 2.86. The molecule has 6 nitrogen and oxygen atoms in total. The number of nitrogens with two attached hydrogens (primary N) is 4. The van der Waals surface area contributed by atoms with Gasteiger partial charge in [0, 0.05) is 0 Å². The van der Waals surface area contributed by atoms with Gasteiger partial charge >= 0.3 is 0 Å². The Bertz CT molecular complexity index is 295. The van der Waals surface area contributed by atoms with E-state index >= 15 is 0 Å². The summed E-state index contributed by atoms with van der Waals surface area (Å²) in [5, 5.41) is 3.20. The standard InChI is InChI=1S/2C3H5NS2.2CH3NS2.2H3N/c2*1-2-6-3(4)5;2*2-1(3)4;;/h2*2H,1H2,(H2,4,5);2*(H3,2,3,4);2*1H3. The van der Waals surface area contributed by atoms with Crippen LogP contribution in [-0.4, -0.2) is 17.3 Å². The second-order valence-corrected chi connectivity index (χ2v) is 7.75. The molecule has 0 aliphatic carbocycles. The van der Waals surface area contributed by atoms with Crippen molar-refractivity contribution in [2.45, 2.75) is 0 Å². The third-order valence-corrected chi connectivity index (χ3v) is 1.77. The van der Waals surface area contributed by atoms with Gasteiger partial charge in [0.25, 0.3) is 0 Å². The molecule has 0 radical (unpaired) electrons. The van der Waals surface area contributed by atoms with E-state index in [1.54, 1.807) is 10.8 Å². The third-order valence-electron chi connectivity index (χ3n) is 0.399. The molecule has 0 aromatic carbocycles. The van der Waals surface area contributed by atoms with Crippen molar-refractivity contribution < 1.29 is 0 Å². The number of rotatable bonds is 2. The number of thioether (sulfide) groups is 2. The molecule has 0 heterocycles. The Balaban J connectivity index is -0.0000000383. The first-order chi connectivity index (χ1) is 9.00. The van der Waals surface area contributed by atoms with Crippen LogP contribution >= 0.6 is 97.7 Å². The lowest BCUT2D eigenvalue weighted by atomic mass is 11.3. The van der Waals surface area contributed by atoms with Crippen molar-refractivity contribution in [3.05, 3.63) is 24.0 Å². The summed E-state index contributed by atoms with van der Waals surface area (Å²) < 4.78 is 1.23. The zero-order chi connectivity index (χ0) is 17.1. The minimum Gasteiger partial charge on any atom is -0.385 e. The zero-order valence-corrected chi connectivity index (χ0v) is 18.3. The monoisotopic (exact) mass is 458 g/mol. The molecular weight excluding hydrogens is 437 g/mol. The van der Waals surface area contributed by atoms with Crippen LogP contribution < -0.4 is 35.2 Å². The van der Waals surface area contributed by atoms with Crippen LogP contribution in [0.15, 0.2) is 24.0 Å². The normalized spacial score (nSPS) is 6.27. The second kappa shape index (κ2) is 33.1. The Hall–Kier alpha value is 0.360. The van der Waals surface area contributed by atoms with E-state index in [2.05, 4.69) is 87.3 Å². The van der Waals surface area contributed by atoms with Gasteiger partial charge in [-0.25, -0.2) is 0 Å². The Morgan fingerprint density at radius 2 is 0.864 bits per heavy atom. The molecule has 0 amide bonds. The fraction of sp³-hybridized carbons (Fsp3) is 0. The van der Waals surface area contributed by atoms with Gasteiger partial charge in [0.2, 0.25) is 0 Å². The highest BCUT2D eigenvalue weighted by Gasteiger charge is 1.76. The lowest BCUT2D eigenvalue weighted by Gasteiger charge is -1.80. The van der Waals surface area contributed by atoms with Gasteiger partial charge < -0.3 is 35.2 Å². The fourth-order valence-corrected chi connectivity index (χ4v) is 0.901. The van der Waals surface area contributed by atoms with Gasteiger partial charge in [-0.15, -0.1) is 25.3 Å². The predicted molar refractivity (Wildman–Crippen MR) is 131 cm³/mol. The molecule has 0 saturated heterocycles. The molecule has 0 atom stereocenters. The second-order valence-electron chi connectivity index (χ2n) is 1.88. The van der Waals surface area contributed by atoms with Gasteiger partial charge in [-0.3, -0.25) is 0 Å². The molecule has 0 aliphatic heterocycles. The summed E-state index contributed by atoms with van der Waals surface area (Å²) in [6, 6.07) is 0. The van der Waals surface area contributed by atoms with Gasteiger partial charge in [-0.05, 0) is 10.8 Å². The van der Waals surface area contributed by atoms with Crippen LogP contribution in [0.1, 0.15) is 0 Å². The maximum atomic E-state index is 5.03. The number of hydrogen-bond donors (Lipinski definition) is 8. The highest BCUT2D eigenvalue weighted by molar-refractivity contribution is 8.25. The van der Waals surface area contributed by atoms with Crippen LogP contribution in [0.5, 0.6) is 0 Å². The van der Waals surface area contributed by atoms with E-state index in [1.807, 2.05) is 0 Å².